The summed E-state index contributed by atoms with van der Waals surface area (Å²) in [4.78, 5) is 0. The van der Waals surface area contributed by atoms with Crippen molar-refractivity contribution < 1.29 is 12.6 Å². The fourth-order valence-electron chi connectivity index (χ4n) is 1.63. The zero-order chi connectivity index (χ0) is 9.41. The van der Waals surface area contributed by atoms with Gasteiger partial charge >= 0.3 is 0 Å². The van der Waals surface area contributed by atoms with Crippen molar-refractivity contribution in [2.75, 3.05) is 6.26 Å². The van der Waals surface area contributed by atoms with E-state index in [4.69, 9.17) is 4.18 Å². The van der Waals surface area contributed by atoms with Crippen LogP contribution in [0.2, 0.25) is 0 Å². The largest absolute Gasteiger partial charge is 0.264 e. The molecule has 1 saturated carbocycles. The molecule has 12 heavy (non-hydrogen) atoms. The summed E-state index contributed by atoms with van der Waals surface area (Å²) < 4.78 is 26.6. The van der Waals surface area contributed by atoms with E-state index in [-0.39, 0.29) is 5.60 Å². The third-order valence-corrected chi connectivity index (χ3v) is 3.02. The highest BCUT2D eigenvalue weighted by molar-refractivity contribution is 7.86. The van der Waals surface area contributed by atoms with Gasteiger partial charge in [-0.25, -0.2) is 0 Å². The Balaban J connectivity index is 2.46. The highest BCUT2D eigenvalue weighted by Crippen LogP contribution is 2.49. The van der Waals surface area contributed by atoms with Crippen molar-refractivity contribution in [1.82, 2.24) is 0 Å². The van der Waals surface area contributed by atoms with Gasteiger partial charge in [-0.1, -0.05) is 13.3 Å². The monoisotopic (exact) mass is 192 g/mol. The van der Waals surface area contributed by atoms with Crippen molar-refractivity contribution in [3.8, 4) is 0 Å². The molecule has 0 saturated heterocycles. The van der Waals surface area contributed by atoms with E-state index in [9.17, 15) is 8.42 Å². The molecular weight excluding hydrogens is 176 g/mol. The van der Waals surface area contributed by atoms with Crippen LogP contribution in [0.1, 0.15) is 33.1 Å². The molecule has 4 heteroatoms. The fourth-order valence-corrected chi connectivity index (χ4v) is 2.53. The molecule has 72 valence electrons. The molecule has 3 nitrogen and oxygen atoms in total. The SMILES string of the molecule is CCC[C@H]1C[C@]1(C)OS(C)(=O)=O. The summed E-state index contributed by atoms with van der Waals surface area (Å²) in [6.07, 6.45) is 4.15. The van der Waals surface area contributed by atoms with Crippen molar-refractivity contribution in [1.29, 1.82) is 0 Å². The second-order valence-electron chi connectivity index (χ2n) is 3.79. The standard InChI is InChI=1S/C8H16O3S/c1-4-5-7-6-8(7,2)11-12(3,9)10/h7H,4-6H2,1-3H3/t7-,8-/m0/s1. The molecule has 0 amide bonds. The number of hydrogen-bond donors (Lipinski definition) is 0. The summed E-state index contributed by atoms with van der Waals surface area (Å²) in [6, 6.07) is 0. The predicted octanol–water partition coefficient (Wildman–Crippen LogP) is 1.54. The molecule has 1 aliphatic carbocycles. The van der Waals surface area contributed by atoms with Gasteiger partial charge in [0.15, 0.2) is 0 Å². The second kappa shape index (κ2) is 3.00. The van der Waals surface area contributed by atoms with E-state index in [0.29, 0.717) is 5.92 Å². The summed E-state index contributed by atoms with van der Waals surface area (Å²) in [6.45, 7) is 3.97. The Labute approximate surface area is 74.2 Å². The van der Waals surface area contributed by atoms with Gasteiger partial charge < -0.3 is 0 Å². The molecule has 0 aliphatic heterocycles. The normalized spacial score (nSPS) is 35.1. The second-order valence-corrected chi connectivity index (χ2v) is 5.36. The molecule has 1 fully saturated rings. The van der Waals surface area contributed by atoms with Crippen LogP contribution in [-0.2, 0) is 14.3 Å². The van der Waals surface area contributed by atoms with Crippen LogP contribution < -0.4 is 0 Å². The maximum atomic E-state index is 10.8. The predicted molar refractivity (Wildman–Crippen MR) is 47.3 cm³/mol. The molecule has 1 rings (SSSR count). The first kappa shape index (κ1) is 9.99. The zero-order valence-corrected chi connectivity index (χ0v) is 8.65. The van der Waals surface area contributed by atoms with Crippen LogP contribution in [-0.4, -0.2) is 20.3 Å². The van der Waals surface area contributed by atoms with E-state index in [0.717, 1.165) is 25.5 Å². The Morgan fingerprint density at radius 1 is 1.58 bits per heavy atom. The Morgan fingerprint density at radius 2 is 2.17 bits per heavy atom. The molecule has 0 spiro atoms. The summed E-state index contributed by atoms with van der Waals surface area (Å²) >= 11 is 0. The smallest absolute Gasteiger partial charge is 0.264 e. The first-order valence-electron chi connectivity index (χ1n) is 4.28. The van der Waals surface area contributed by atoms with Gasteiger partial charge in [0.05, 0.1) is 11.9 Å². The maximum Gasteiger partial charge on any atom is 0.264 e. The van der Waals surface area contributed by atoms with Crippen LogP contribution in [0.4, 0.5) is 0 Å². The molecule has 2 atom stereocenters. The fraction of sp³-hybridized carbons (Fsp3) is 1.00. The van der Waals surface area contributed by atoms with Crippen LogP contribution in [0.3, 0.4) is 0 Å². The average molecular weight is 192 g/mol. The van der Waals surface area contributed by atoms with Crippen LogP contribution in [0.25, 0.3) is 0 Å². The lowest BCUT2D eigenvalue weighted by molar-refractivity contribution is 0.188. The van der Waals surface area contributed by atoms with Crippen LogP contribution >= 0.6 is 0 Å². The quantitative estimate of drug-likeness (QED) is 0.635. The van der Waals surface area contributed by atoms with Gasteiger partial charge in [-0.2, -0.15) is 8.42 Å². The Bertz CT molecular complexity index is 257. The number of hydrogen-bond acceptors (Lipinski definition) is 3. The van der Waals surface area contributed by atoms with Gasteiger partial charge in [-0.15, -0.1) is 0 Å². The lowest BCUT2D eigenvalue weighted by Gasteiger charge is -2.09. The van der Waals surface area contributed by atoms with Gasteiger partial charge in [0.1, 0.15) is 0 Å². The molecule has 0 aromatic heterocycles. The molecule has 0 bridgehead atoms. The lowest BCUT2D eigenvalue weighted by Crippen LogP contribution is -2.17. The van der Waals surface area contributed by atoms with E-state index < -0.39 is 10.1 Å². The number of rotatable bonds is 4. The summed E-state index contributed by atoms with van der Waals surface area (Å²) in [5, 5.41) is 0. The van der Waals surface area contributed by atoms with E-state index >= 15 is 0 Å². The van der Waals surface area contributed by atoms with Gasteiger partial charge in [0.25, 0.3) is 10.1 Å². The minimum absolute atomic E-state index is 0.385. The maximum absolute atomic E-state index is 10.8. The van der Waals surface area contributed by atoms with Gasteiger partial charge in [0, 0.05) is 0 Å². The minimum atomic E-state index is -3.27. The van der Waals surface area contributed by atoms with Gasteiger partial charge in [0.2, 0.25) is 0 Å². The van der Waals surface area contributed by atoms with Crippen molar-refractivity contribution >= 4 is 10.1 Å². The highest BCUT2D eigenvalue weighted by Gasteiger charge is 2.52. The van der Waals surface area contributed by atoms with Crippen molar-refractivity contribution in [3.63, 3.8) is 0 Å². The third kappa shape index (κ3) is 2.45. The topological polar surface area (TPSA) is 43.4 Å². The van der Waals surface area contributed by atoms with Crippen LogP contribution in [0, 0.1) is 5.92 Å². The molecule has 0 aromatic rings. The van der Waals surface area contributed by atoms with E-state index in [1.54, 1.807) is 0 Å². The minimum Gasteiger partial charge on any atom is -0.264 e. The molecule has 1 aliphatic rings. The van der Waals surface area contributed by atoms with E-state index in [1.807, 2.05) is 6.92 Å². The molecule has 0 radical (unpaired) electrons. The van der Waals surface area contributed by atoms with Crippen LogP contribution in [0.5, 0.6) is 0 Å². The molecule has 0 unspecified atom stereocenters. The third-order valence-electron chi connectivity index (χ3n) is 2.33. The summed E-state index contributed by atoms with van der Waals surface area (Å²) in [5.74, 6) is 0.442. The van der Waals surface area contributed by atoms with Crippen molar-refractivity contribution in [2.24, 2.45) is 5.92 Å². The van der Waals surface area contributed by atoms with Gasteiger partial charge in [-0.3, -0.25) is 4.18 Å². The summed E-state index contributed by atoms with van der Waals surface area (Å²) in [7, 11) is -3.27. The Kier molecular flexibility index (Phi) is 2.50. The van der Waals surface area contributed by atoms with Crippen LogP contribution in [0.15, 0.2) is 0 Å². The molecule has 0 N–H and O–H groups in total. The average Bonchev–Trinajstić information content (AvgIpc) is 2.37. The molecular formula is C8H16O3S. The van der Waals surface area contributed by atoms with Gasteiger partial charge in [-0.05, 0) is 25.7 Å². The first-order valence-corrected chi connectivity index (χ1v) is 6.09. The van der Waals surface area contributed by atoms with E-state index in [1.165, 1.54) is 0 Å². The Morgan fingerprint density at radius 3 is 2.58 bits per heavy atom. The highest BCUT2D eigenvalue weighted by atomic mass is 32.2. The zero-order valence-electron chi connectivity index (χ0n) is 7.83. The van der Waals surface area contributed by atoms with E-state index in [2.05, 4.69) is 6.92 Å². The lowest BCUT2D eigenvalue weighted by atomic mass is 10.2. The first-order chi connectivity index (χ1) is 5.37. The Hall–Kier alpha value is -0.0900. The van der Waals surface area contributed by atoms with Crippen molar-refractivity contribution in [2.45, 2.75) is 38.7 Å². The molecule has 0 aromatic carbocycles. The molecule has 0 heterocycles. The summed E-state index contributed by atoms with van der Waals surface area (Å²) in [5.41, 5.74) is -0.385. The van der Waals surface area contributed by atoms with Crippen molar-refractivity contribution in [3.05, 3.63) is 0 Å².